The Kier molecular flexibility index (Phi) is 7.73. The first-order valence-corrected chi connectivity index (χ1v) is 11.8. The highest BCUT2D eigenvalue weighted by Crippen LogP contribution is 2.28. The van der Waals surface area contributed by atoms with Crippen molar-refractivity contribution >= 4 is 35.1 Å². The van der Waals surface area contributed by atoms with Crippen LogP contribution in [-0.4, -0.2) is 43.9 Å². The molecule has 3 aromatic carbocycles. The molecule has 0 bridgehead atoms. The molecule has 9 nitrogen and oxygen atoms in total. The zero-order valence-corrected chi connectivity index (χ0v) is 20.7. The van der Waals surface area contributed by atoms with Crippen molar-refractivity contribution < 1.29 is 29.1 Å². The standard InChI is InChI=1S/C27H22ClFN4O5/c1-15-23(33(38)24(30-15)19-8-5-9-20(28)22(19)29)26(35)32-21(14-16-6-3-2-4-7-16)25(34)31-18-12-10-17(11-13-18)27(36)37/h2-13,21,38H,14H2,1H3,(H,31,34)(H,32,35)(H,36,37)/t21-/m0/s1. The number of aromatic carboxylic acids is 1. The zero-order chi connectivity index (χ0) is 27.4. The predicted octanol–water partition coefficient (Wildman–Crippen LogP) is 4.57. The molecule has 0 fully saturated rings. The van der Waals surface area contributed by atoms with Crippen LogP contribution in [-0.2, 0) is 11.2 Å². The highest BCUT2D eigenvalue weighted by Gasteiger charge is 2.28. The van der Waals surface area contributed by atoms with Crippen LogP contribution in [0, 0.1) is 12.7 Å². The summed E-state index contributed by atoms with van der Waals surface area (Å²) in [6, 6.07) is 17.6. The number of carbonyl (C=O) groups is 3. The number of nitrogens with zero attached hydrogens (tertiary/aromatic N) is 2. The molecule has 194 valence electrons. The molecule has 0 aliphatic heterocycles. The summed E-state index contributed by atoms with van der Waals surface area (Å²) in [4.78, 5) is 41.7. The molecule has 0 saturated carbocycles. The molecule has 38 heavy (non-hydrogen) atoms. The summed E-state index contributed by atoms with van der Waals surface area (Å²) in [5.41, 5.74) is 0.847. The summed E-state index contributed by atoms with van der Waals surface area (Å²) in [6.07, 6.45) is 0.111. The van der Waals surface area contributed by atoms with E-state index in [4.69, 9.17) is 16.7 Å². The van der Waals surface area contributed by atoms with Crippen molar-refractivity contribution in [3.63, 3.8) is 0 Å². The van der Waals surface area contributed by atoms with E-state index in [-0.39, 0.29) is 39.8 Å². The lowest BCUT2D eigenvalue weighted by molar-refractivity contribution is -0.118. The van der Waals surface area contributed by atoms with E-state index in [0.717, 1.165) is 5.56 Å². The number of amides is 2. The normalized spacial score (nSPS) is 11.6. The van der Waals surface area contributed by atoms with Crippen LogP contribution in [0.5, 0.6) is 0 Å². The van der Waals surface area contributed by atoms with Crippen molar-refractivity contribution in [3.05, 3.63) is 106 Å². The van der Waals surface area contributed by atoms with Gasteiger partial charge in [-0.05, 0) is 48.9 Å². The Labute approximate surface area is 221 Å². The summed E-state index contributed by atoms with van der Waals surface area (Å²) in [6.45, 7) is 1.46. The molecule has 1 atom stereocenters. The monoisotopic (exact) mass is 536 g/mol. The lowest BCUT2D eigenvalue weighted by Gasteiger charge is -2.19. The van der Waals surface area contributed by atoms with Crippen LogP contribution in [0.3, 0.4) is 0 Å². The molecule has 11 heteroatoms. The minimum absolute atomic E-state index is 0.0516. The molecule has 0 radical (unpaired) electrons. The number of anilines is 1. The summed E-state index contributed by atoms with van der Waals surface area (Å²) in [5, 5.41) is 24.9. The molecular weight excluding hydrogens is 515 g/mol. The number of halogens is 2. The molecular formula is C27H22ClFN4O5. The number of imidazole rings is 1. The average molecular weight is 537 g/mol. The van der Waals surface area contributed by atoms with Gasteiger partial charge in [0.25, 0.3) is 5.91 Å². The number of hydrogen-bond acceptors (Lipinski definition) is 5. The third-order valence-electron chi connectivity index (χ3n) is 5.74. The summed E-state index contributed by atoms with van der Waals surface area (Å²) < 4.78 is 15.0. The first-order valence-electron chi connectivity index (χ1n) is 11.4. The molecule has 0 saturated heterocycles. The Morgan fingerprint density at radius 2 is 1.71 bits per heavy atom. The van der Waals surface area contributed by atoms with Crippen molar-refractivity contribution in [2.24, 2.45) is 0 Å². The van der Waals surface area contributed by atoms with Gasteiger partial charge in [-0.2, -0.15) is 4.73 Å². The zero-order valence-electron chi connectivity index (χ0n) is 20.0. The van der Waals surface area contributed by atoms with Crippen molar-refractivity contribution in [1.29, 1.82) is 0 Å². The first kappa shape index (κ1) is 26.4. The van der Waals surface area contributed by atoms with Gasteiger partial charge in [0.2, 0.25) is 5.91 Å². The van der Waals surface area contributed by atoms with Crippen molar-refractivity contribution in [2.45, 2.75) is 19.4 Å². The SMILES string of the molecule is Cc1nc(-c2cccc(Cl)c2F)n(O)c1C(=O)N[C@@H](Cc1ccccc1)C(=O)Nc1ccc(C(=O)O)cc1. The second kappa shape index (κ2) is 11.1. The van der Waals surface area contributed by atoms with E-state index in [9.17, 15) is 24.0 Å². The van der Waals surface area contributed by atoms with E-state index >= 15 is 0 Å². The molecule has 4 N–H and O–H groups in total. The van der Waals surface area contributed by atoms with Crippen molar-refractivity contribution in [1.82, 2.24) is 15.0 Å². The highest BCUT2D eigenvalue weighted by atomic mass is 35.5. The third-order valence-corrected chi connectivity index (χ3v) is 6.03. The predicted molar refractivity (Wildman–Crippen MR) is 138 cm³/mol. The minimum Gasteiger partial charge on any atom is -0.478 e. The van der Waals surface area contributed by atoms with Crippen molar-refractivity contribution in [3.8, 4) is 11.4 Å². The maximum Gasteiger partial charge on any atom is 0.335 e. The van der Waals surface area contributed by atoms with Gasteiger partial charge in [0.05, 0.1) is 21.8 Å². The third kappa shape index (κ3) is 5.65. The van der Waals surface area contributed by atoms with Gasteiger partial charge in [-0.25, -0.2) is 14.2 Å². The van der Waals surface area contributed by atoms with Crippen LogP contribution < -0.4 is 10.6 Å². The number of carboxylic acid groups (broad SMARTS) is 1. The lowest BCUT2D eigenvalue weighted by Crippen LogP contribution is -2.46. The van der Waals surface area contributed by atoms with E-state index < -0.39 is 29.6 Å². The Bertz CT molecular complexity index is 1510. The van der Waals surface area contributed by atoms with Gasteiger partial charge in [-0.1, -0.05) is 48.0 Å². The van der Waals surface area contributed by atoms with Gasteiger partial charge in [0.1, 0.15) is 6.04 Å². The summed E-state index contributed by atoms with van der Waals surface area (Å²) >= 11 is 5.85. The van der Waals surface area contributed by atoms with Crippen LogP contribution in [0.15, 0.2) is 72.8 Å². The number of rotatable bonds is 8. The number of carboxylic acids is 1. The van der Waals surface area contributed by atoms with E-state index in [1.165, 1.54) is 49.4 Å². The first-order chi connectivity index (χ1) is 18.2. The number of carbonyl (C=O) groups excluding carboxylic acids is 2. The lowest BCUT2D eigenvalue weighted by atomic mass is 10.0. The largest absolute Gasteiger partial charge is 0.478 e. The maximum absolute atomic E-state index is 14.6. The maximum atomic E-state index is 14.6. The Hall–Kier alpha value is -4.70. The van der Waals surface area contributed by atoms with Gasteiger partial charge in [0, 0.05) is 12.1 Å². The number of benzene rings is 3. The smallest absolute Gasteiger partial charge is 0.335 e. The average Bonchev–Trinajstić information content (AvgIpc) is 3.19. The second-order valence-electron chi connectivity index (χ2n) is 8.37. The fourth-order valence-corrected chi connectivity index (χ4v) is 4.02. The van der Waals surface area contributed by atoms with E-state index in [1.807, 2.05) is 6.07 Å². The second-order valence-corrected chi connectivity index (χ2v) is 8.78. The number of aromatic nitrogens is 2. The van der Waals surface area contributed by atoms with E-state index in [2.05, 4.69) is 15.6 Å². The summed E-state index contributed by atoms with van der Waals surface area (Å²) in [5.74, 6) is -3.53. The topological polar surface area (TPSA) is 134 Å². The van der Waals surface area contributed by atoms with E-state index in [1.54, 1.807) is 24.3 Å². The molecule has 0 unspecified atom stereocenters. The molecule has 0 spiro atoms. The van der Waals surface area contributed by atoms with Crippen molar-refractivity contribution in [2.75, 3.05) is 5.32 Å². The van der Waals surface area contributed by atoms with Crippen LogP contribution in [0.2, 0.25) is 5.02 Å². The fourth-order valence-electron chi connectivity index (χ4n) is 3.84. The van der Waals surface area contributed by atoms with Crippen LogP contribution in [0.1, 0.15) is 32.1 Å². The number of aryl methyl sites for hydroxylation is 1. The molecule has 1 heterocycles. The van der Waals surface area contributed by atoms with Gasteiger partial charge in [0.15, 0.2) is 17.3 Å². The molecule has 4 aromatic rings. The van der Waals surface area contributed by atoms with Crippen LogP contribution in [0.4, 0.5) is 10.1 Å². The summed E-state index contributed by atoms with van der Waals surface area (Å²) in [7, 11) is 0. The Morgan fingerprint density at radius 1 is 1.03 bits per heavy atom. The molecule has 2 amide bonds. The van der Waals surface area contributed by atoms with Crippen LogP contribution >= 0.6 is 11.6 Å². The van der Waals surface area contributed by atoms with Gasteiger partial charge < -0.3 is 20.9 Å². The number of hydrogen-bond donors (Lipinski definition) is 4. The molecule has 4 rings (SSSR count). The fraction of sp³-hybridized carbons (Fsp3) is 0.111. The van der Waals surface area contributed by atoms with E-state index in [0.29, 0.717) is 10.4 Å². The highest BCUT2D eigenvalue weighted by molar-refractivity contribution is 6.31. The molecule has 1 aromatic heterocycles. The quantitative estimate of drug-likeness (QED) is 0.244. The number of nitrogens with one attached hydrogen (secondary N) is 2. The van der Waals surface area contributed by atoms with Gasteiger partial charge in [-0.15, -0.1) is 0 Å². The molecule has 0 aliphatic carbocycles. The van der Waals surface area contributed by atoms with Crippen LogP contribution in [0.25, 0.3) is 11.4 Å². The molecule has 0 aliphatic rings. The van der Waals surface area contributed by atoms with Gasteiger partial charge >= 0.3 is 5.97 Å². The van der Waals surface area contributed by atoms with Gasteiger partial charge in [-0.3, -0.25) is 9.59 Å². The Morgan fingerprint density at radius 3 is 2.37 bits per heavy atom. The minimum atomic E-state index is -1.11. The Balaban J connectivity index is 1.61.